The van der Waals surface area contributed by atoms with Crippen LogP contribution in [0.5, 0.6) is 0 Å². The SMILES string of the molecule is CC(C)c1cc(CO)cc(N(C)CC(C)(C)C)n1. The third kappa shape index (κ3) is 4.30. The highest BCUT2D eigenvalue weighted by atomic mass is 16.3. The molecule has 1 heterocycles. The van der Waals surface area contributed by atoms with Crippen molar-refractivity contribution in [1.29, 1.82) is 0 Å². The molecule has 0 saturated heterocycles. The van der Waals surface area contributed by atoms with Crippen LogP contribution in [-0.4, -0.2) is 23.7 Å². The number of anilines is 1. The van der Waals surface area contributed by atoms with Crippen molar-refractivity contribution in [3.8, 4) is 0 Å². The molecule has 1 N–H and O–H groups in total. The van der Waals surface area contributed by atoms with E-state index in [1.165, 1.54) is 0 Å². The summed E-state index contributed by atoms with van der Waals surface area (Å²) in [4.78, 5) is 6.84. The third-order valence-electron chi connectivity index (χ3n) is 2.77. The quantitative estimate of drug-likeness (QED) is 0.891. The van der Waals surface area contributed by atoms with E-state index in [0.29, 0.717) is 5.92 Å². The standard InChI is InChI=1S/C15H26N2O/c1-11(2)13-7-12(9-18)8-14(16-13)17(6)10-15(3,4)5/h7-8,11,18H,9-10H2,1-6H3. The molecule has 0 aromatic carbocycles. The van der Waals surface area contributed by atoms with E-state index >= 15 is 0 Å². The maximum absolute atomic E-state index is 9.34. The lowest BCUT2D eigenvalue weighted by atomic mass is 9.96. The van der Waals surface area contributed by atoms with Gasteiger partial charge in [0.05, 0.1) is 6.61 Å². The molecule has 1 rings (SSSR count). The fourth-order valence-electron chi connectivity index (χ4n) is 1.97. The van der Waals surface area contributed by atoms with E-state index in [-0.39, 0.29) is 12.0 Å². The molecule has 1 aromatic rings. The van der Waals surface area contributed by atoms with E-state index in [4.69, 9.17) is 0 Å². The normalized spacial score (nSPS) is 12.0. The summed E-state index contributed by atoms with van der Waals surface area (Å²) in [7, 11) is 2.05. The third-order valence-corrected chi connectivity index (χ3v) is 2.77. The first-order valence-corrected chi connectivity index (χ1v) is 6.56. The van der Waals surface area contributed by atoms with Crippen molar-refractivity contribution in [3.05, 3.63) is 23.4 Å². The number of aliphatic hydroxyl groups is 1. The molecule has 0 saturated carbocycles. The van der Waals surface area contributed by atoms with Crippen LogP contribution in [0.1, 0.15) is 51.8 Å². The van der Waals surface area contributed by atoms with Crippen molar-refractivity contribution in [2.45, 2.75) is 47.1 Å². The molecule has 3 nitrogen and oxygen atoms in total. The first kappa shape index (κ1) is 15.0. The lowest BCUT2D eigenvalue weighted by Gasteiger charge is -2.28. The van der Waals surface area contributed by atoms with Gasteiger partial charge in [0.15, 0.2) is 0 Å². The highest BCUT2D eigenvalue weighted by Crippen LogP contribution is 2.23. The van der Waals surface area contributed by atoms with Crippen LogP contribution in [0.3, 0.4) is 0 Å². The van der Waals surface area contributed by atoms with Gasteiger partial charge in [-0.15, -0.1) is 0 Å². The number of hydrogen-bond donors (Lipinski definition) is 1. The average molecular weight is 250 g/mol. The van der Waals surface area contributed by atoms with Crippen LogP contribution in [0.4, 0.5) is 5.82 Å². The average Bonchev–Trinajstić information content (AvgIpc) is 2.26. The Hall–Kier alpha value is -1.09. The largest absolute Gasteiger partial charge is 0.392 e. The Morgan fingerprint density at radius 1 is 1.28 bits per heavy atom. The Kier molecular flexibility index (Phi) is 4.74. The summed E-state index contributed by atoms with van der Waals surface area (Å²) in [5.74, 6) is 1.32. The van der Waals surface area contributed by atoms with Gasteiger partial charge in [0, 0.05) is 19.3 Å². The highest BCUT2D eigenvalue weighted by molar-refractivity contribution is 5.42. The second-order valence-corrected chi connectivity index (χ2v) is 6.49. The maximum Gasteiger partial charge on any atom is 0.128 e. The zero-order valence-corrected chi connectivity index (χ0v) is 12.5. The van der Waals surface area contributed by atoms with E-state index in [2.05, 4.69) is 51.6 Å². The lowest BCUT2D eigenvalue weighted by Crippen LogP contribution is -2.30. The van der Waals surface area contributed by atoms with Crippen LogP contribution in [0.15, 0.2) is 12.1 Å². The van der Waals surface area contributed by atoms with E-state index in [9.17, 15) is 5.11 Å². The zero-order chi connectivity index (χ0) is 13.9. The Balaban J connectivity index is 3.04. The number of aromatic nitrogens is 1. The van der Waals surface area contributed by atoms with Gasteiger partial charge in [-0.1, -0.05) is 34.6 Å². The Morgan fingerprint density at radius 3 is 2.33 bits per heavy atom. The molecule has 0 amide bonds. The minimum atomic E-state index is 0.0681. The first-order valence-electron chi connectivity index (χ1n) is 6.56. The fourth-order valence-corrected chi connectivity index (χ4v) is 1.97. The van der Waals surface area contributed by atoms with Crippen molar-refractivity contribution < 1.29 is 5.11 Å². The first-order chi connectivity index (χ1) is 8.23. The summed E-state index contributed by atoms with van der Waals surface area (Å²) >= 11 is 0. The molecule has 0 fully saturated rings. The van der Waals surface area contributed by atoms with Crippen LogP contribution in [0.25, 0.3) is 0 Å². The zero-order valence-electron chi connectivity index (χ0n) is 12.5. The second-order valence-electron chi connectivity index (χ2n) is 6.49. The molecule has 3 heteroatoms. The van der Waals surface area contributed by atoms with Crippen LogP contribution < -0.4 is 4.90 Å². The molecule has 0 atom stereocenters. The summed E-state index contributed by atoms with van der Waals surface area (Å²) in [6.07, 6.45) is 0. The van der Waals surface area contributed by atoms with Gasteiger partial charge in [-0.25, -0.2) is 4.98 Å². The van der Waals surface area contributed by atoms with Gasteiger partial charge in [-0.2, -0.15) is 0 Å². The maximum atomic E-state index is 9.34. The van der Waals surface area contributed by atoms with Gasteiger partial charge in [0.25, 0.3) is 0 Å². The lowest BCUT2D eigenvalue weighted by molar-refractivity contribution is 0.281. The predicted molar refractivity (Wildman–Crippen MR) is 77.0 cm³/mol. The van der Waals surface area contributed by atoms with Crippen LogP contribution in [0.2, 0.25) is 0 Å². The molecule has 0 unspecified atom stereocenters. The molecule has 1 aromatic heterocycles. The minimum Gasteiger partial charge on any atom is -0.392 e. The Bertz CT molecular complexity index is 394. The number of aliphatic hydroxyl groups excluding tert-OH is 1. The predicted octanol–water partition coefficient (Wildman–Crippen LogP) is 3.18. The molecule has 0 aliphatic carbocycles. The number of rotatable bonds is 4. The number of nitrogens with zero attached hydrogens (tertiary/aromatic N) is 2. The van der Waals surface area contributed by atoms with Gasteiger partial charge in [-0.3, -0.25) is 0 Å². The molecule has 0 aliphatic rings. The van der Waals surface area contributed by atoms with E-state index in [0.717, 1.165) is 23.6 Å². The number of hydrogen-bond acceptors (Lipinski definition) is 3. The van der Waals surface area contributed by atoms with E-state index in [1.807, 2.05) is 12.1 Å². The molecular weight excluding hydrogens is 224 g/mol. The van der Waals surface area contributed by atoms with E-state index < -0.39 is 0 Å². The Labute approximate surface area is 111 Å². The summed E-state index contributed by atoms with van der Waals surface area (Å²) in [6, 6.07) is 3.96. The van der Waals surface area contributed by atoms with E-state index in [1.54, 1.807) is 0 Å². The second kappa shape index (κ2) is 5.70. The molecule has 0 radical (unpaired) electrons. The van der Waals surface area contributed by atoms with Gasteiger partial charge in [0.1, 0.15) is 5.82 Å². The molecular formula is C15H26N2O. The van der Waals surface area contributed by atoms with Crippen LogP contribution in [-0.2, 0) is 6.61 Å². The summed E-state index contributed by atoms with van der Waals surface area (Å²) in [5.41, 5.74) is 2.20. The number of pyridine rings is 1. The van der Waals surface area contributed by atoms with Crippen LogP contribution >= 0.6 is 0 Å². The molecule has 0 aliphatic heterocycles. The van der Waals surface area contributed by atoms with Crippen molar-refractivity contribution in [1.82, 2.24) is 4.98 Å². The molecule has 0 bridgehead atoms. The van der Waals surface area contributed by atoms with Gasteiger partial charge >= 0.3 is 0 Å². The van der Waals surface area contributed by atoms with Crippen molar-refractivity contribution >= 4 is 5.82 Å². The topological polar surface area (TPSA) is 36.4 Å². The van der Waals surface area contributed by atoms with Crippen molar-refractivity contribution in [2.75, 3.05) is 18.5 Å². The van der Waals surface area contributed by atoms with Gasteiger partial charge in [-0.05, 0) is 29.0 Å². The van der Waals surface area contributed by atoms with Crippen molar-refractivity contribution in [3.63, 3.8) is 0 Å². The minimum absolute atomic E-state index is 0.0681. The summed E-state index contributed by atoms with van der Waals surface area (Å²) < 4.78 is 0. The fraction of sp³-hybridized carbons (Fsp3) is 0.667. The molecule has 102 valence electrons. The van der Waals surface area contributed by atoms with Crippen LogP contribution in [0, 0.1) is 5.41 Å². The highest BCUT2D eigenvalue weighted by Gasteiger charge is 2.16. The van der Waals surface area contributed by atoms with Gasteiger partial charge < -0.3 is 10.0 Å². The van der Waals surface area contributed by atoms with Crippen molar-refractivity contribution in [2.24, 2.45) is 5.41 Å². The van der Waals surface area contributed by atoms with Gasteiger partial charge in [0.2, 0.25) is 0 Å². The Morgan fingerprint density at radius 2 is 1.89 bits per heavy atom. The summed E-state index contributed by atoms with van der Waals surface area (Å²) in [6.45, 7) is 11.9. The smallest absolute Gasteiger partial charge is 0.128 e. The molecule has 0 spiro atoms. The summed E-state index contributed by atoms with van der Waals surface area (Å²) in [5, 5.41) is 9.34. The monoisotopic (exact) mass is 250 g/mol. The molecule has 18 heavy (non-hydrogen) atoms.